The molecule has 1 aliphatic carbocycles. The van der Waals surface area contributed by atoms with Gasteiger partial charge in [0.25, 0.3) is 5.91 Å². The van der Waals surface area contributed by atoms with Crippen molar-refractivity contribution in [1.29, 1.82) is 0 Å². The van der Waals surface area contributed by atoms with E-state index in [1.54, 1.807) is 13.0 Å². The number of furan rings is 1. The number of carbonyl (C=O) groups excluding carboxylic acids is 1. The maximum atomic E-state index is 11.8. The van der Waals surface area contributed by atoms with Crippen LogP contribution in [-0.2, 0) is 0 Å². The summed E-state index contributed by atoms with van der Waals surface area (Å²) in [6.07, 6.45) is 2.61. The van der Waals surface area contributed by atoms with Crippen LogP contribution in [-0.4, -0.2) is 23.7 Å². The SMILES string of the molecule is Cc1cc(C(=O)NCCC(O)C2CC2)c(C)o1. The number of hydrogen-bond donors (Lipinski definition) is 2. The van der Waals surface area contributed by atoms with E-state index in [0.717, 1.165) is 18.6 Å². The van der Waals surface area contributed by atoms with Gasteiger partial charge in [0.2, 0.25) is 0 Å². The summed E-state index contributed by atoms with van der Waals surface area (Å²) >= 11 is 0. The van der Waals surface area contributed by atoms with E-state index in [0.29, 0.717) is 30.2 Å². The topological polar surface area (TPSA) is 62.5 Å². The minimum atomic E-state index is -0.262. The van der Waals surface area contributed by atoms with Gasteiger partial charge in [-0.25, -0.2) is 0 Å². The van der Waals surface area contributed by atoms with E-state index in [1.165, 1.54) is 0 Å². The predicted octanol–water partition coefficient (Wildman–Crippen LogP) is 1.79. The molecule has 1 atom stereocenters. The molecule has 0 aromatic carbocycles. The normalized spacial score (nSPS) is 16.9. The zero-order chi connectivity index (χ0) is 12.4. The lowest BCUT2D eigenvalue weighted by molar-refractivity contribution is 0.0935. The highest BCUT2D eigenvalue weighted by Gasteiger charge is 2.29. The van der Waals surface area contributed by atoms with Crippen LogP contribution < -0.4 is 5.32 Å². The molecule has 0 aliphatic heterocycles. The van der Waals surface area contributed by atoms with Gasteiger partial charge < -0.3 is 14.8 Å². The highest BCUT2D eigenvalue weighted by Crippen LogP contribution is 2.33. The van der Waals surface area contributed by atoms with Gasteiger partial charge in [0.05, 0.1) is 11.7 Å². The number of rotatable bonds is 5. The fraction of sp³-hybridized carbons (Fsp3) is 0.615. The largest absolute Gasteiger partial charge is 0.466 e. The predicted molar refractivity (Wildman–Crippen MR) is 63.9 cm³/mol. The van der Waals surface area contributed by atoms with Gasteiger partial charge >= 0.3 is 0 Å². The summed E-state index contributed by atoms with van der Waals surface area (Å²) in [4.78, 5) is 11.8. The Balaban J connectivity index is 1.78. The molecule has 1 aromatic heterocycles. The summed E-state index contributed by atoms with van der Waals surface area (Å²) < 4.78 is 5.30. The van der Waals surface area contributed by atoms with Gasteiger partial charge in [-0.2, -0.15) is 0 Å². The quantitative estimate of drug-likeness (QED) is 0.820. The molecule has 2 rings (SSSR count). The van der Waals surface area contributed by atoms with E-state index in [2.05, 4.69) is 5.32 Å². The zero-order valence-electron chi connectivity index (χ0n) is 10.3. The molecule has 1 saturated carbocycles. The third-order valence-electron chi connectivity index (χ3n) is 3.18. The Morgan fingerprint density at radius 1 is 1.59 bits per heavy atom. The molecule has 0 radical (unpaired) electrons. The molecule has 4 nitrogen and oxygen atoms in total. The van der Waals surface area contributed by atoms with Crippen LogP contribution >= 0.6 is 0 Å². The van der Waals surface area contributed by atoms with Crippen LogP contribution in [0.25, 0.3) is 0 Å². The van der Waals surface area contributed by atoms with Gasteiger partial charge in [-0.15, -0.1) is 0 Å². The number of aryl methyl sites for hydroxylation is 2. The first-order valence-electron chi connectivity index (χ1n) is 6.11. The molecule has 1 fully saturated rings. The van der Waals surface area contributed by atoms with Crippen LogP contribution in [0, 0.1) is 19.8 Å². The summed E-state index contributed by atoms with van der Waals surface area (Å²) in [5.41, 5.74) is 0.586. The summed E-state index contributed by atoms with van der Waals surface area (Å²) in [7, 11) is 0. The Morgan fingerprint density at radius 3 is 2.82 bits per heavy atom. The molecule has 2 N–H and O–H groups in total. The van der Waals surface area contributed by atoms with Gasteiger partial charge in [-0.1, -0.05) is 0 Å². The van der Waals surface area contributed by atoms with Crippen LogP contribution in [0.3, 0.4) is 0 Å². The fourth-order valence-corrected chi connectivity index (χ4v) is 2.00. The van der Waals surface area contributed by atoms with E-state index in [4.69, 9.17) is 4.42 Å². The van der Waals surface area contributed by atoms with Crippen LogP contribution in [0.5, 0.6) is 0 Å². The summed E-state index contributed by atoms with van der Waals surface area (Å²) in [6.45, 7) is 4.11. The molecule has 1 amide bonds. The average Bonchev–Trinajstić information content (AvgIpc) is 3.04. The lowest BCUT2D eigenvalue weighted by atomic mass is 10.1. The van der Waals surface area contributed by atoms with Gasteiger partial charge in [-0.05, 0) is 45.1 Å². The molecule has 17 heavy (non-hydrogen) atoms. The Labute approximate surface area is 101 Å². The van der Waals surface area contributed by atoms with Crippen LogP contribution in [0.2, 0.25) is 0 Å². The van der Waals surface area contributed by atoms with Crippen molar-refractivity contribution < 1.29 is 14.3 Å². The van der Waals surface area contributed by atoms with Gasteiger partial charge in [-0.3, -0.25) is 4.79 Å². The maximum absolute atomic E-state index is 11.8. The van der Waals surface area contributed by atoms with Crippen LogP contribution in [0.1, 0.15) is 41.1 Å². The smallest absolute Gasteiger partial charge is 0.254 e. The summed E-state index contributed by atoms with van der Waals surface area (Å²) in [5, 5.41) is 12.5. The van der Waals surface area contributed by atoms with E-state index in [9.17, 15) is 9.90 Å². The number of carbonyl (C=O) groups is 1. The molecule has 1 heterocycles. The number of nitrogens with one attached hydrogen (secondary N) is 1. The molecule has 1 aliphatic rings. The standard InChI is InChI=1S/C13H19NO3/c1-8-7-11(9(2)17-8)13(16)14-6-5-12(15)10-3-4-10/h7,10,12,15H,3-6H2,1-2H3,(H,14,16). The molecule has 1 unspecified atom stereocenters. The lowest BCUT2D eigenvalue weighted by Crippen LogP contribution is -2.27. The van der Waals surface area contributed by atoms with E-state index in [1.807, 2.05) is 6.92 Å². The maximum Gasteiger partial charge on any atom is 0.254 e. The molecular weight excluding hydrogens is 218 g/mol. The number of hydrogen-bond acceptors (Lipinski definition) is 3. The average molecular weight is 237 g/mol. The van der Waals surface area contributed by atoms with E-state index in [-0.39, 0.29) is 12.0 Å². The zero-order valence-corrected chi connectivity index (χ0v) is 10.3. The first-order chi connectivity index (χ1) is 8.08. The van der Waals surface area contributed by atoms with Crippen molar-refractivity contribution in [2.45, 2.75) is 39.2 Å². The minimum Gasteiger partial charge on any atom is -0.466 e. The minimum absolute atomic E-state index is 0.123. The first kappa shape index (κ1) is 12.2. The van der Waals surface area contributed by atoms with Gasteiger partial charge in [0, 0.05) is 6.54 Å². The summed E-state index contributed by atoms with van der Waals surface area (Å²) in [5.74, 6) is 1.72. The first-order valence-corrected chi connectivity index (χ1v) is 6.11. The van der Waals surface area contributed by atoms with E-state index < -0.39 is 0 Å². The highest BCUT2D eigenvalue weighted by molar-refractivity contribution is 5.95. The van der Waals surface area contributed by atoms with Crippen molar-refractivity contribution in [3.8, 4) is 0 Å². The van der Waals surface area contributed by atoms with Gasteiger partial charge in [0.15, 0.2) is 0 Å². The van der Waals surface area contributed by atoms with E-state index >= 15 is 0 Å². The third-order valence-corrected chi connectivity index (χ3v) is 3.18. The second-order valence-electron chi connectivity index (χ2n) is 4.78. The third kappa shape index (κ3) is 3.09. The molecule has 0 bridgehead atoms. The Morgan fingerprint density at radius 2 is 2.29 bits per heavy atom. The Kier molecular flexibility index (Phi) is 3.52. The molecule has 1 aromatic rings. The second kappa shape index (κ2) is 4.92. The van der Waals surface area contributed by atoms with Crippen molar-refractivity contribution >= 4 is 5.91 Å². The number of amides is 1. The van der Waals surface area contributed by atoms with Gasteiger partial charge in [0.1, 0.15) is 11.5 Å². The number of aliphatic hydroxyl groups excluding tert-OH is 1. The molecular formula is C13H19NO3. The van der Waals surface area contributed by atoms with Crippen molar-refractivity contribution in [1.82, 2.24) is 5.32 Å². The Hall–Kier alpha value is -1.29. The van der Waals surface area contributed by atoms with Crippen molar-refractivity contribution in [3.63, 3.8) is 0 Å². The fourth-order valence-electron chi connectivity index (χ4n) is 2.00. The Bertz CT molecular complexity index is 407. The molecule has 94 valence electrons. The lowest BCUT2D eigenvalue weighted by Gasteiger charge is -2.09. The molecule has 0 saturated heterocycles. The number of aliphatic hydroxyl groups is 1. The highest BCUT2D eigenvalue weighted by atomic mass is 16.3. The van der Waals surface area contributed by atoms with Crippen LogP contribution in [0.4, 0.5) is 0 Å². The second-order valence-corrected chi connectivity index (χ2v) is 4.78. The van der Waals surface area contributed by atoms with Crippen LogP contribution in [0.15, 0.2) is 10.5 Å². The molecule has 0 spiro atoms. The summed E-state index contributed by atoms with van der Waals surface area (Å²) in [6, 6.07) is 1.74. The van der Waals surface area contributed by atoms with Crippen molar-refractivity contribution in [3.05, 3.63) is 23.2 Å². The molecule has 4 heteroatoms. The van der Waals surface area contributed by atoms with Crippen molar-refractivity contribution in [2.75, 3.05) is 6.54 Å². The van der Waals surface area contributed by atoms with Crippen molar-refractivity contribution in [2.24, 2.45) is 5.92 Å². The monoisotopic (exact) mass is 237 g/mol.